The van der Waals surface area contributed by atoms with E-state index >= 15 is 0 Å². The van der Waals surface area contributed by atoms with Crippen LogP contribution in [0.2, 0.25) is 0 Å². The van der Waals surface area contributed by atoms with E-state index in [1.54, 1.807) is 13.8 Å². The molecule has 0 aromatic rings. The fraction of sp³-hybridized carbons (Fsp3) is 0.727. The summed E-state index contributed by atoms with van der Waals surface area (Å²) in [7, 11) is 0. The van der Waals surface area contributed by atoms with Gasteiger partial charge in [0, 0.05) is 6.54 Å². The highest BCUT2D eigenvalue weighted by atomic mass is 16.4. The Hall–Kier alpha value is -3.22. The summed E-state index contributed by atoms with van der Waals surface area (Å²) in [6.45, 7) is 7.83. The first kappa shape index (κ1) is 29.8. The van der Waals surface area contributed by atoms with Crippen LogP contribution >= 0.6 is 0 Å². The van der Waals surface area contributed by atoms with Crippen LogP contribution < -0.4 is 27.0 Å². The Bertz CT molecular complexity index is 816. The average molecular weight is 499 g/mol. The van der Waals surface area contributed by atoms with Crippen molar-refractivity contribution < 1.29 is 33.9 Å². The molecule has 7 N–H and O–H groups in total. The molecule has 1 saturated heterocycles. The number of rotatable bonds is 12. The van der Waals surface area contributed by atoms with Crippen LogP contribution in [0.15, 0.2) is 0 Å². The van der Waals surface area contributed by atoms with Crippen LogP contribution in [-0.2, 0) is 28.8 Å². The maximum atomic E-state index is 12.6. The molecule has 1 rings (SSSR count). The van der Waals surface area contributed by atoms with E-state index < -0.39 is 66.9 Å². The SMILES string of the molecule is CC(C)[C@H](N)C(=O)N1CCC[C@H]1C(=O)NCC(=O)N[C@@H](C)C(=O)N[C@H](C(=O)NCC(=O)O)C(C)C. The molecule has 4 atom stereocenters. The first-order valence-electron chi connectivity index (χ1n) is 11.7. The molecule has 0 unspecified atom stereocenters. The standard InChI is InChI=1S/C22H38N6O7/c1-11(2)17(23)22(35)28-8-6-7-14(28)20(33)24-9-15(29)26-13(5)19(32)27-18(12(3)4)21(34)25-10-16(30)31/h11-14,17-18H,6-10,23H2,1-5H3,(H,24,33)(H,25,34)(H,26,29)(H,27,32)(H,30,31)/t13-,14-,17-,18-/m0/s1. The van der Waals surface area contributed by atoms with Gasteiger partial charge in [-0.05, 0) is 31.6 Å². The van der Waals surface area contributed by atoms with Gasteiger partial charge >= 0.3 is 5.97 Å². The zero-order valence-corrected chi connectivity index (χ0v) is 20.9. The third kappa shape index (κ3) is 9.15. The van der Waals surface area contributed by atoms with Gasteiger partial charge in [0.25, 0.3) is 0 Å². The van der Waals surface area contributed by atoms with Crippen molar-refractivity contribution in [3.8, 4) is 0 Å². The quantitative estimate of drug-likeness (QED) is 0.176. The Kier molecular flexibility index (Phi) is 11.6. The van der Waals surface area contributed by atoms with Crippen LogP contribution in [0.3, 0.4) is 0 Å². The van der Waals surface area contributed by atoms with Crippen molar-refractivity contribution in [3.63, 3.8) is 0 Å². The number of carbonyl (C=O) groups is 6. The fourth-order valence-electron chi connectivity index (χ4n) is 3.51. The number of aliphatic carboxylic acids is 1. The summed E-state index contributed by atoms with van der Waals surface area (Å²) < 4.78 is 0. The number of likely N-dealkylation sites (tertiary alicyclic amines) is 1. The minimum Gasteiger partial charge on any atom is -0.480 e. The van der Waals surface area contributed by atoms with Gasteiger partial charge in [-0.3, -0.25) is 28.8 Å². The van der Waals surface area contributed by atoms with E-state index in [0.717, 1.165) is 0 Å². The zero-order chi connectivity index (χ0) is 26.9. The number of nitrogens with one attached hydrogen (secondary N) is 4. The molecular weight excluding hydrogens is 460 g/mol. The molecule has 13 heteroatoms. The third-order valence-electron chi connectivity index (χ3n) is 5.70. The van der Waals surface area contributed by atoms with Gasteiger partial charge in [0.2, 0.25) is 29.5 Å². The van der Waals surface area contributed by atoms with Gasteiger partial charge in [-0.2, -0.15) is 0 Å². The summed E-state index contributed by atoms with van der Waals surface area (Å²) in [4.78, 5) is 74.1. The molecule has 0 spiro atoms. The minimum atomic E-state index is -1.22. The molecule has 0 radical (unpaired) electrons. The lowest BCUT2D eigenvalue weighted by Gasteiger charge is -2.28. The molecule has 1 heterocycles. The Balaban J connectivity index is 2.58. The Morgan fingerprint density at radius 2 is 1.54 bits per heavy atom. The molecular formula is C22H38N6O7. The Labute approximate surface area is 204 Å². The van der Waals surface area contributed by atoms with E-state index in [-0.39, 0.29) is 17.7 Å². The molecule has 5 amide bonds. The number of carboxylic acid groups (broad SMARTS) is 1. The van der Waals surface area contributed by atoms with Gasteiger partial charge in [0.1, 0.15) is 24.7 Å². The van der Waals surface area contributed by atoms with Crippen LogP contribution in [-0.4, -0.2) is 89.3 Å². The van der Waals surface area contributed by atoms with Crippen molar-refractivity contribution in [1.82, 2.24) is 26.2 Å². The number of nitrogens with zero attached hydrogens (tertiary/aromatic N) is 1. The van der Waals surface area contributed by atoms with Crippen molar-refractivity contribution in [1.29, 1.82) is 0 Å². The van der Waals surface area contributed by atoms with Crippen molar-refractivity contribution in [2.45, 2.75) is 71.6 Å². The van der Waals surface area contributed by atoms with Gasteiger partial charge in [-0.15, -0.1) is 0 Å². The van der Waals surface area contributed by atoms with Crippen LogP contribution in [0.4, 0.5) is 0 Å². The van der Waals surface area contributed by atoms with E-state index in [9.17, 15) is 28.8 Å². The van der Waals surface area contributed by atoms with Gasteiger partial charge in [0.15, 0.2) is 0 Å². The molecule has 13 nitrogen and oxygen atoms in total. The number of carbonyl (C=O) groups excluding carboxylic acids is 5. The lowest BCUT2D eigenvalue weighted by Crippen LogP contribution is -2.56. The van der Waals surface area contributed by atoms with Crippen LogP contribution in [0.5, 0.6) is 0 Å². The molecule has 0 aromatic heterocycles. The van der Waals surface area contributed by atoms with Crippen molar-refractivity contribution in [2.75, 3.05) is 19.6 Å². The largest absolute Gasteiger partial charge is 0.480 e. The minimum absolute atomic E-state index is 0.0799. The highest BCUT2D eigenvalue weighted by Crippen LogP contribution is 2.19. The summed E-state index contributed by atoms with van der Waals surface area (Å²) in [5.74, 6) is -4.36. The second-order valence-corrected chi connectivity index (χ2v) is 9.31. The summed E-state index contributed by atoms with van der Waals surface area (Å²) in [6, 6.07) is -3.45. The zero-order valence-electron chi connectivity index (χ0n) is 20.9. The smallest absolute Gasteiger partial charge is 0.322 e. The molecule has 0 aliphatic carbocycles. The van der Waals surface area contributed by atoms with Crippen LogP contribution in [0.25, 0.3) is 0 Å². The molecule has 1 aliphatic heterocycles. The first-order chi connectivity index (χ1) is 16.3. The molecule has 1 aliphatic rings. The van der Waals surface area contributed by atoms with Gasteiger partial charge in [0.05, 0.1) is 12.6 Å². The lowest BCUT2D eigenvalue weighted by atomic mass is 10.0. The highest BCUT2D eigenvalue weighted by Gasteiger charge is 2.37. The van der Waals surface area contributed by atoms with Crippen molar-refractivity contribution in [2.24, 2.45) is 17.6 Å². The summed E-state index contributed by atoms with van der Waals surface area (Å²) in [6.07, 6.45) is 1.11. The molecule has 0 bridgehead atoms. The maximum absolute atomic E-state index is 12.6. The summed E-state index contributed by atoms with van der Waals surface area (Å²) >= 11 is 0. The second-order valence-electron chi connectivity index (χ2n) is 9.31. The predicted octanol–water partition coefficient (Wildman–Crippen LogP) is -2.08. The highest BCUT2D eigenvalue weighted by molar-refractivity contribution is 5.95. The normalized spacial score (nSPS) is 17.9. The predicted molar refractivity (Wildman–Crippen MR) is 126 cm³/mol. The van der Waals surface area contributed by atoms with E-state index in [1.807, 2.05) is 13.8 Å². The molecule has 1 fully saturated rings. The number of carboxylic acids is 1. The van der Waals surface area contributed by atoms with Gasteiger partial charge in [-0.1, -0.05) is 27.7 Å². The van der Waals surface area contributed by atoms with E-state index in [4.69, 9.17) is 10.8 Å². The summed E-state index contributed by atoms with van der Waals surface area (Å²) in [5, 5.41) is 18.3. The van der Waals surface area contributed by atoms with Crippen LogP contribution in [0, 0.1) is 11.8 Å². The third-order valence-corrected chi connectivity index (χ3v) is 5.70. The monoisotopic (exact) mass is 498 g/mol. The van der Waals surface area contributed by atoms with Gasteiger partial charge < -0.3 is 37.0 Å². The summed E-state index contributed by atoms with van der Waals surface area (Å²) in [5.41, 5.74) is 5.93. The van der Waals surface area contributed by atoms with E-state index in [1.165, 1.54) is 11.8 Å². The molecule has 35 heavy (non-hydrogen) atoms. The van der Waals surface area contributed by atoms with Crippen LogP contribution in [0.1, 0.15) is 47.5 Å². The lowest BCUT2D eigenvalue weighted by molar-refractivity contribution is -0.140. The maximum Gasteiger partial charge on any atom is 0.322 e. The van der Waals surface area contributed by atoms with Gasteiger partial charge in [-0.25, -0.2) is 0 Å². The number of hydrogen-bond acceptors (Lipinski definition) is 7. The van der Waals surface area contributed by atoms with Crippen molar-refractivity contribution >= 4 is 35.5 Å². The number of nitrogens with two attached hydrogens (primary N) is 1. The number of amides is 5. The Morgan fingerprint density at radius 1 is 0.914 bits per heavy atom. The fourth-order valence-corrected chi connectivity index (χ4v) is 3.51. The van der Waals surface area contributed by atoms with E-state index in [2.05, 4.69) is 21.3 Å². The van der Waals surface area contributed by atoms with Crippen molar-refractivity contribution in [3.05, 3.63) is 0 Å². The first-order valence-corrected chi connectivity index (χ1v) is 11.7. The number of hydrogen-bond donors (Lipinski definition) is 6. The average Bonchev–Trinajstić information content (AvgIpc) is 3.27. The molecule has 198 valence electrons. The molecule has 0 saturated carbocycles. The Morgan fingerprint density at radius 3 is 2.09 bits per heavy atom. The van der Waals surface area contributed by atoms with E-state index in [0.29, 0.717) is 19.4 Å². The topological polar surface area (TPSA) is 200 Å². The molecule has 0 aromatic carbocycles. The second kappa shape index (κ2) is 13.6.